The molecule has 4 rings (SSSR count). The number of hydrogen-bond acceptors (Lipinski definition) is 5. The van der Waals surface area contributed by atoms with Crippen LogP contribution in [0.15, 0.2) is 30.3 Å². The number of thioether (sulfide) groups is 1. The predicted molar refractivity (Wildman–Crippen MR) is 120 cm³/mol. The van der Waals surface area contributed by atoms with Crippen molar-refractivity contribution in [2.75, 3.05) is 43.1 Å². The molecule has 172 valence electrons. The Balaban J connectivity index is 1.47. The second-order valence-electron chi connectivity index (χ2n) is 8.16. The summed E-state index contributed by atoms with van der Waals surface area (Å²) in [7, 11) is 0. The molecular formula is C21H29N6O4S+. The van der Waals surface area contributed by atoms with E-state index in [1.165, 1.54) is 0 Å². The Morgan fingerprint density at radius 1 is 1.16 bits per heavy atom. The monoisotopic (exact) mass is 461 g/mol. The number of quaternary nitrogens is 1. The van der Waals surface area contributed by atoms with Gasteiger partial charge >= 0.3 is 6.03 Å². The van der Waals surface area contributed by atoms with Crippen LogP contribution in [0.4, 0.5) is 10.5 Å². The minimum Gasteiger partial charge on any atom is -0.354 e. The minimum atomic E-state index is -0.841. The molecule has 3 fully saturated rings. The molecule has 5 amide bonds. The molecule has 10 nitrogen and oxygen atoms in total. The molecule has 0 bridgehead atoms. The van der Waals surface area contributed by atoms with Gasteiger partial charge in [0.05, 0.1) is 12.3 Å². The van der Waals surface area contributed by atoms with Gasteiger partial charge in [0.15, 0.2) is 6.04 Å². The number of nitrogens with one attached hydrogen (secondary N) is 3. The molecule has 1 aromatic carbocycles. The zero-order valence-electron chi connectivity index (χ0n) is 17.8. The maximum absolute atomic E-state index is 13.2. The van der Waals surface area contributed by atoms with E-state index in [1.807, 2.05) is 23.5 Å². The Labute approximate surface area is 190 Å². The molecular weight excluding hydrogens is 432 g/mol. The highest BCUT2D eigenvalue weighted by Crippen LogP contribution is 2.17. The van der Waals surface area contributed by atoms with E-state index in [4.69, 9.17) is 0 Å². The van der Waals surface area contributed by atoms with Crippen LogP contribution in [-0.4, -0.2) is 89.5 Å². The Hall–Kier alpha value is -2.79. The zero-order valence-corrected chi connectivity index (χ0v) is 18.6. The minimum absolute atomic E-state index is 0.0739. The van der Waals surface area contributed by atoms with E-state index < -0.39 is 18.0 Å². The van der Waals surface area contributed by atoms with Crippen LogP contribution in [0.2, 0.25) is 0 Å². The molecule has 3 aliphatic heterocycles. The highest BCUT2D eigenvalue weighted by atomic mass is 32.2. The number of amides is 5. The average Bonchev–Trinajstić information content (AvgIpc) is 3.35. The van der Waals surface area contributed by atoms with Crippen LogP contribution in [0, 0.1) is 0 Å². The van der Waals surface area contributed by atoms with Crippen molar-refractivity contribution in [2.45, 2.75) is 31.0 Å². The Morgan fingerprint density at radius 3 is 2.69 bits per heavy atom. The van der Waals surface area contributed by atoms with Crippen LogP contribution in [0.5, 0.6) is 0 Å². The van der Waals surface area contributed by atoms with E-state index in [-0.39, 0.29) is 37.0 Å². The van der Waals surface area contributed by atoms with Crippen LogP contribution in [0.25, 0.3) is 0 Å². The first-order chi connectivity index (χ1) is 15.5. The number of benzene rings is 1. The van der Waals surface area contributed by atoms with Crippen LogP contribution < -0.4 is 21.3 Å². The number of para-hydroxylation sites is 1. The second kappa shape index (κ2) is 10.2. The first-order valence-corrected chi connectivity index (χ1v) is 12.1. The van der Waals surface area contributed by atoms with E-state index in [0.29, 0.717) is 31.0 Å². The molecule has 11 heteroatoms. The summed E-state index contributed by atoms with van der Waals surface area (Å²) in [5.74, 6) is 0.814. The normalized spacial score (nSPS) is 25.8. The highest BCUT2D eigenvalue weighted by molar-refractivity contribution is 7.99. The Bertz CT molecular complexity index is 863. The lowest BCUT2D eigenvalue weighted by Crippen LogP contribution is -2.90. The third-order valence-corrected chi connectivity index (χ3v) is 7.02. The van der Waals surface area contributed by atoms with Gasteiger partial charge in [-0.3, -0.25) is 14.4 Å². The molecule has 3 heterocycles. The summed E-state index contributed by atoms with van der Waals surface area (Å²) in [6.45, 7) is 1.27. The van der Waals surface area contributed by atoms with Crippen LogP contribution in [-0.2, 0) is 14.4 Å². The lowest BCUT2D eigenvalue weighted by atomic mass is 10.0. The quantitative estimate of drug-likeness (QED) is 0.446. The Kier molecular flexibility index (Phi) is 7.15. The molecule has 32 heavy (non-hydrogen) atoms. The summed E-state index contributed by atoms with van der Waals surface area (Å²) >= 11 is 1.69. The molecule has 0 aromatic heterocycles. The topological polar surface area (TPSA) is 127 Å². The van der Waals surface area contributed by atoms with Crippen molar-refractivity contribution >= 4 is 41.2 Å². The molecule has 5 N–H and O–H groups in total. The van der Waals surface area contributed by atoms with Gasteiger partial charge in [-0.15, -0.1) is 0 Å². The number of carbonyl (C=O) groups is 4. The van der Waals surface area contributed by atoms with Gasteiger partial charge < -0.3 is 31.1 Å². The largest absolute Gasteiger partial charge is 0.354 e. The Morgan fingerprint density at radius 2 is 1.97 bits per heavy atom. The summed E-state index contributed by atoms with van der Waals surface area (Å²) < 4.78 is 0. The number of rotatable bonds is 4. The van der Waals surface area contributed by atoms with E-state index in [0.717, 1.165) is 12.3 Å². The van der Waals surface area contributed by atoms with Gasteiger partial charge in [-0.25, -0.2) is 4.79 Å². The molecule has 0 spiro atoms. The van der Waals surface area contributed by atoms with Crippen molar-refractivity contribution in [1.82, 2.24) is 20.4 Å². The van der Waals surface area contributed by atoms with E-state index >= 15 is 0 Å². The van der Waals surface area contributed by atoms with Crippen molar-refractivity contribution in [3.63, 3.8) is 0 Å². The van der Waals surface area contributed by atoms with E-state index in [2.05, 4.69) is 16.0 Å². The standard InChI is InChI=1S/C21H28N6O4S/c28-18-15(7-4-8-22-18)25-19(29)17-11-26(21(31)24-14-5-2-1-3-6-14)9-10-27(17)20(30)16-12-32-13-23-16/h1-3,5-6,15-17,23H,4,7-13H2,(H,22,28)(H,24,31)(H,25,29)/p+1/t15-,16-,17+/m0/s1. The van der Waals surface area contributed by atoms with Crippen molar-refractivity contribution < 1.29 is 24.5 Å². The molecule has 3 saturated heterocycles. The molecule has 1 aromatic rings. The summed E-state index contributed by atoms with van der Waals surface area (Å²) in [4.78, 5) is 54.4. The van der Waals surface area contributed by atoms with E-state index in [9.17, 15) is 19.2 Å². The maximum atomic E-state index is 13.2. The first kappa shape index (κ1) is 22.4. The number of piperazine rings is 1. The number of nitrogens with zero attached hydrogens (tertiary/aromatic N) is 2. The third-order valence-electron chi connectivity index (χ3n) is 5.99. The number of anilines is 1. The lowest BCUT2D eigenvalue weighted by Gasteiger charge is -2.41. The van der Waals surface area contributed by atoms with Gasteiger partial charge in [0, 0.05) is 25.3 Å². The van der Waals surface area contributed by atoms with Gasteiger partial charge in [0.25, 0.3) is 5.91 Å². The van der Waals surface area contributed by atoms with E-state index in [1.54, 1.807) is 33.7 Å². The predicted octanol–water partition coefficient (Wildman–Crippen LogP) is -1.24. The summed E-state index contributed by atoms with van der Waals surface area (Å²) in [6.07, 6.45) is 1.34. The SMILES string of the molecule is O=C1NCCC[C@@H]1NC(=O)[C@H]1CN(C(=O)Nc2ccccc2)CCN1C(=O)[C@@H]1CSC[NH2+]1. The third kappa shape index (κ3) is 5.16. The van der Waals surface area contributed by atoms with Crippen LogP contribution >= 0.6 is 11.8 Å². The summed E-state index contributed by atoms with van der Waals surface area (Å²) in [5.41, 5.74) is 0.661. The second-order valence-corrected chi connectivity index (χ2v) is 9.24. The van der Waals surface area contributed by atoms with Gasteiger partial charge in [-0.05, 0) is 25.0 Å². The summed E-state index contributed by atoms with van der Waals surface area (Å²) in [5, 5.41) is 10.4. The maximum Gasteiger partial charge on any atom is 0.321 e. The van der Waals surface area contributed by atoms with Crippen molar-refractivity contribution in [3.05, 3.63) is 30.3 Å². The van der Waals surface area contributed by atoms with Gasteiger partial charge in [0.2, 0.25) is 11.8 Å². The van der Waals surface area contributed by atoms with Crippen LogP contribution in [0.1, 0.15) is 12.8 Å². The molecule has 0 unspecified atom stereocenters. The number of nitrogens with two attached hydrogens (primary N) is 1. The average molecular weight is 462 g/mol. The molecule has 0 aliphatic carbocycles. The highest BCUT2D eigenvalue weighted by Gasteiger charge is 2.42. The van der Waals surface area contributed by atoms with Crippen molar-refractivity contribution in [1.29, 1.82) is 0 Å². The van der Waals surface area contributed by atoms with Gasteiger partial charge in [-0.2, -0.15) is 0 Å². The number of carbonyl (C=O) groups excluding carboxylic acids is 4. The van der Waals surface area contributed by atoms with Crippen molar-refractivity contribution in [3.8, 4) is 0 Å². The molecule has 0 radical (unpaired) electrons. The smallest absolute Gasteiger partial charge is 0.321 e. The fraction of sp³-hybridized carbons (Fsp3) is 0.524. The number of urea groups is 1. The molecule has 3 atom stereocenters. The fourth-order valence-corrected chi connectivity index (χ4v) is 5.23. The van der Waals surface area contributed by atoms with Gasteiger partial charge in [-0.1, -0.05) is 30.0 Å². The fourth-order valence-electron chi connectivity index (χ4n) is 4.19. The molecule has 0 saturated carbocycles. The van der Waals surface area contributed by atoms with Crippen LogP contribution in [0.3, 0.4) is 0 Å². The zero-order chi connectivity index (χ0) is 22.5. The lowest BCUT2D eigenvalue weighted by molar-refractivity contribution is -0.649. The molecule has 3 aliphatic rings. The van der Waals surface area contributed by atoms with Crippen molar-refractivity contribution in [2.24, 2.45) is 0 Å². The van der Waals surface area contributed by atoms with Gasteiger partial charge in [0.1, 0.15) is 18.0 Å². The summed E-state index contributed by atoms with van der Waals surface area (Å²) in [6, 6.07) is 7.09. The number of hydrogen-bond donors (Lipinski definition) is 4. The first-order valence-electron chi connectivity index (χ1n) is 10.9. The number of piperidine rings is 1.